The van der Waals surface area contributed by atoms with E-state index in [0.29, 0.717) is 11.3 Å². The Morgan fingerprint density at radius 3 is 2.76 bits per heavy atom. The summed E-state index contributed by atoms with van der Waals surface area (Å²) in [4.78, 5) is 15.5. The molecule has 5 nitrogen and oxygen atoms in total. The molecule has 0 bridgehead atoms. The zero-order valence-corrected chi connectivity index (χ0v) is 11.7. The van der Waals surface area contributed by atoms with Gasteiger partial charge in [-0.15, -0.1) is 0 Å². The van der Waals surface area contributed by atoms with E-state index in [1.165, 1.54) is 6.20 Å². The highest BCUT2D eigenvalue weighted by atomic mass is 16.5. The van der Waals surface area contributed by atoms with Crippen molar-refractivity contribution < 1.29 is 19.4 Å². The third-order valence-electron chi connectivity index (χ3n) is 2.83. The fourth-order valence-electron chi connectivity index (χ4n) is 1.69. The molecule has 0 aliphatic carbocycles. The number of aromatic nitrogens is 1. The van der Waals surface area contributed by atoms with E-state index >= 15 is 0 Å². The molecular formula is C16H17NO4. The Morgan fingerprint density at radius 2 is 2.05 bits per heavy atom. The van der Waals surface area contributed by atoms with Crippen LogP contribution in [-0.2, 0) is 4.74 Å². The zero-order valence-electron chi connectivity index (χ0n) is 11.7. The Labute approximate surface area is 123 Å². The van der Waals surface area contributed by atoms with E-state index in [0.717, 1.165) is 5.56 Å². The second-order valence-corrected chi connectivity index (χ2v) is 4.57. The number of aliphatic hydroxyl groups is 1. The summed E-state index contributed by atoms with van der Waals surface area (Å²) in [7, 11) is 0. The van der Waals surface area contributed by atoms with Crippen LogP contribution in [0.5, 0.6) is 5.75 Å². The van der Waals surface area contributed by atoms with Gasteiger partial charge in [-0.25, -0.2) is 4.79 Å². The Kier molecular flexibility index (Phi) is 5.29. The number of esters is 1. The molecule has 0 aliphatic heterocycles. The number of carbonyl (C=O) groups excluding carboxylic acids is 1. The standard InChI is InChI=1S/C16H17NO4/c1-12-5-2-3-7-15(12)20-10-14(18)11-21-16(19)13-6-4-8-17-9-13/h2-9,14,18H,10-11H2,1H3. The quantitative estimate of drug-likeness (QED) is 0.823. The van der Waals surface area contributed by atoms with Gasteiger partial charge in [0, 0.05) is 12.4 Å². The molecule has 1 N–H and O–H groups in total. The lowest BCUT2D eigenvalue weighted by Crippen LogP contribution is -2.25. The normalized spacial score (nSPS) is 11.7. The van der Waals surface area contributed by atoms with Crippen LogP contribution in [0.1, 0.15) is 15.9 Å². The van der Waals surface area contributed by atoms with Crippen LogP contribution in [0.25, 0.3) is 0 Å². The van der Waals surface area contributed by atoms with E-state index in [1.54, 1.807) is 18.3 Å². The highest BCUT2D eigenvalue weighted by molar-refractivity contribution is 5.88. The van der Waals surface area contributed by atoms with Crippen LogP contribution in [0.3, 0.4) is 0 Å². The van der Waals surface area contributed by atoms with Crippen molar-refractivity contribution in [2.75, 3.05) is 13.2 Å². The number of nitrogens with zero attached hydrogens (tertiary/aromatic N) is 1. The van der Waals surface area contributed by atoms with Crippen LogP contribution >= 0.6 is 0 Å². The number of ether oxygens (including phenoxy) is 2. The molecule has 1 heterocycles. The van der Waals surface area contributed by atoms with Gasteiger partial charge in [0.1, 0.15) is 25.1 Å². The monoisotopic (exact) mass is 287 g/mol. The zero-order chi connectivity index (χ0) is 15.1. The molecule has 21 heavy (non-hydrogen) atoms. The Bertz CT molecular complexity index is 586. The number of rotatable bonds is 6. The first-order chi connectivity index (χ1) is 10.2. The Morgan fingerprint density at radius 1 is 1.24 bits per heavy atom. The molecule has 1 atom stereocenters. The average molecular weight is 287 g/mol. The lowest BCUT2D eigenvalue weighted by atomic mass is 10.2. The number of aliphatic hydroxyl groups excluding tert-OH is 1. The third-order valence-corrected chi connectivity index (χ3v) is 2.83. The third kappa shape index (κ3) is 4.57. The predicted molar refractivity (Wildman–Crippen MR) is 77.2 cm³/mol. The molecule has 0 aliphatic rings. The minimum atomic E-state index is -0.884. The average Bonchev–Trinajstić information content (AvgIpc) is 2.52. The summed E-state index contributed by atoms with van der Waals surface area (Å²) >= 11 is 0. The Balaban J connectivity index is 1.76. The second-order valence-electron chi connectivity index (χ2n) is 4.57. The van der Waals surface area contributed by atoms with Gasteiger partial charge in [-0.1, -0.05) is 18.2 Å². The molecule has 1 unspecified atom stereocenters. The van der Waals surface area contributed by atoms with Crippen molar-refractivity contribution in [3.05, 3.63) is 59.9 Å². The van der Waals surface area contributed by atoms with E-state index in [1.807, 2.05) is 31.2 Å². The van der Waals surface area contributed by atoms with E-state index in [9.17, 15) is 9.90 Å². The number of carbonyl (C=O) groups is 1. The van der Waals surface area contributed by atoms with E-state index < -0.39 is 12.1 Å². The molecular weight excluding hydrogens is 270 g/mol. The number of pyridine rings is 1. The highest BCUT2D eigenvalue weighted by Crippen LogP contribution is 2.16. The van der Waals surface area contributed by atoms with Crippen molar-refractivity contribution in [1.29, 1.82) is 0 Å². The maximum absolute atomic E-state index is 11.7. The van der Waals surface area contributed by atoms with Crippen molar-refractivity contribution in [3.63, 3.8) is 0 Å². The van der Waals surface area contributed by atoms with E-state index in [2.05, 4.69) is 4.98 Å². The largest absolute Gasteiger partial charge is 0.490 e. The first-order valence-corrected chi connectivity index (χ1v) is 6.60. The van der Waals surface area contributed by atoms with Gasteiger partial charge in [-0.2, -0.15) is 0 Å². The number of aryl methyl sites for hydroxylation is 1. The summed E-state index contributed by atoms with van der Waals surface area (Å²) in [5.74, 6) is 0.188. The molecule has 0 spiro atoms. The van der Waals surface area contributed by atoms with Crippen LogP contribution in [0.2, 0.25) is 0 Å². The number of benzene rings is 1. The van der Waals surface area contributed by atoms with Gasteiger partial charge in [0.2, 0.25) is 0 Å². The summed E-state index contributed by atoms with van der Waals surface area (Å²) in [6.45, 7) is 1.86. The van der Waals surface area contributed by atoms with Gasteiger partial charge in [0.05, 0.1) is 5.56 Å². The molecule has 110 valence electrons. The van der Waals surface area contributed by atoms with Gasteiger partial charge in [-0.3, -0.25) is 4.98 Å². The van der Waals surface area contributed by atoms with Crippen molar-refractivity contribution in [2.24, 2.45) is 0 Å². The molecule has 2 aromatic rings. The van der Waals surface area contributed by atoms with Crippen molar-refractivity contribution >= 4 is 5.97 Å². The van der Waals surface area contributed by atoms with Gasteiger partial charge in [0.25, 0.3) is 0 Å². The SMILES string of the molecule is Cc1ccccc1OCC(O)COC(=O)c1cccnc1. The summed E-state index contributed by atoms with van der Waals surface area (Å²) in [5.41, 5.74) is 1.33. The molecule has 1 aromatic carbocycles. The number of para-hydroxylation sites is 1. The first-order valence-electron chi connectivity index (χ1n) is 6.60. The highest BCUT2D eigenvalue weighted by Gasteiger charge is 2.12. The van der Waals surface area contributed by atoms with Gasteiger partial charge < -0.3 is 14.6 Å². The molecule has 2 rings (SSSR count). The van der Waals surface area contributed by atoms with Crippen molar-refractivity contribution in [3.8, 4) is 5.75 Å². The van der Waals surface area contributed by atoms with Crippen LogP contribution in [0.4, 0.5) is 0 Å². The van der Waals surface area contributed by atoms with Crippen LogP contribution in [0.15, 0.2) is 48.8 Å². The molecule has 0 amide bonds. The lowest BCUT2D eigenvalue weighted by Gasteiger charge is -2.14. The van der Waals surface area contributed by atoms with E-state index in [-0.39, 0.29) is 13.2 Å². The number of hydrogen-bond donors (Lipinski definition) is 1. The van der Waals surface area contributed by atoms with Gasteiger partial charge in [-0.05, 0) is 30.7 Å². The van der Waals surface area contributed by atoms with Gasteiger partial charge in [0.15, 0.2) is 0 Å². The maximum atomic E-state index is 11.7. The minimum Gasteiger partial charge on any atom is -0.490 e. The van der Waals surface area contributed by atoms with Crippen LogP contribution in [-0.4, -0.2) is 35.4 Å². The number of hydrogen-bond acceptors (Lipinski definition) is 5. The van der Waals surface area contributed by atoms with Gasteiger partial charge >= 0.3 is 5.97 Å². The molecule has 0 fully saturated rings. The smallest absolute Gasteiger partial charge is 0.339 e. The Hall–Kier alpha value is -2.40. The van der Waals surface area contributed by atoms with E-state index in [4.69, 9.17) is 9.47 Å². The fraction of sp³-hybridized carbons (Fsp3) is 0.250. The van der Waals surface area contributed by atoms with Crippen molar-refractivity contribution in [1.82, 2.24) is 4.98 Å². The molecule has 5 heteroatoms. The molecule has 0 saturated carbocycles. The summed E-state index contributed by atoms with van der Waals surface area (Å²) < 4.78 is 10.5. The predicted octanol–water partition coefficient (Wildman–Crippen LogP) is 1.99. The first kappa shape index (κ1) is 15.0. The van der Waals surface area contributed by atoms with Crippen molar-refractivity contribution in [2.45, 2.75) is 13.0 Å². The molecule has 0 radical (unpaired) electrons. The molecule has 1 aromatic heterocycles. The molecule has 0 saturated heterocycles. The topological polar surface area (TPSA) is 68.7 Å². The lowest BCUT2D eigenvalue weighted by molar-refractivity contribution is 0.0129. The minimum absolute atomic E-state index is 0.0607. The van der Waals surface area contributed by atoms with Crippen LogP contribution in [0, 0.1) is 6.92 Å². The maximum Gasteiger partial charge on any atom is 0.339 e. The summed E-state index contributed by atoms with van der Waals surface area (Å²) in [6.07, 6.45) is 2.10. The van der Waals surface area contributed by atoms with Crippen LogP contribution < -0.4 is 4.74 Å². The summed E-state index contributed by atoms with van der Waals surface area (Å²) in [6, 6.07) is 10.8. The summed E-state index contributed by atoms with van der Waals surface area (Å²) in [5, 5.41) is 9.78. The second kappa shape index (κ2) is 7.40. The fourth-order valence-corrected chi connectivity index (χ4v) is 1.69.